The highest BCUT2D eigenvalue weighted by Crippen LogP contribution is 2.24. The van der Waals surface area contributed by atoms with Crippen LogP contribution in [-0.4, -0.2) is 42.5 Å². The largest absolute Gasteiger partial charge is 0.383 e. The highest BCUT2D eigenvalue weighted by molar-refractivity contribution is 7.99. The minimum Gasteiger partial charge on any atom is -0.383 e. The van der Waals surface area contributed by atoms with Gasteiger partial charge in [-0.15, -0.1) is 10.2 Å². The first-order chi connectivity index (χ1) is 15.0. The molecule has 2 aromatic rings. The maximum Gasteiger partial charge on any atom is 0.330 e. The van der Waals surface area contributed by atoms with E-state index in [0.29, 0.717) is 25.9 Å². The van der Waals surface area contributed by atoms with Crippen molar-refractivity contribution in [3.8, 4) is 0 Å². The first kappa shape index (κ1) is 23.1. The number of rotatable bonds is 9. The number of amides is 1. The third kappa shape index (κ3) is 5.20. The van der Waals surface area contributed by atoms with Crippen LogP contribution in [0.2, 0.25) is 0 Å². The molecule has 0 atom stereocenters. The number of aromatic amines is 1. The number of H-pyrrole nitrogens is 1. The smallest absolute Gasteiger partial charge is 0.330 e. The van der Waals surface area contributed by atoms with Gasteiger partial charge in [-0.1, -0.05) is 38.5 Å². The zero-order chi connectivity index (χ0) is 22.4. The zero-order valence-electron chi connectivity index (χ0n) is 18.2. The van der Waals surface area contributed by atoms with E-state index in [9.17, 15) is 14.4 Å². The molecule has 1 aliphatic heterocycles. The predicted octanol–water partition coefficient (Wildman–Crippen LogP) is 1.77. The second-order valence-electron chi connectivity index (χ2n) is 7.69. The van der Waals surface area contributed by atoms with E-state index in [-0.39, 0.29) is 23.2 Å². The summed E-state index contributed by atoms with van der Waals surface area (Å²) < 4.78 is 3.40. The van der Waals surface area contributed by atoms with Gasteiger partial charge >= 0.3 is 5.69 Å². The molecule has 11 heteroatoms. The summed E-state index contributed by atoms with van der Waals surface area (Å²) in [7, 11) is 0. The van der Waals surface area contributed by atoms with E-state index in [4.69, 9.17) is 5.73 Å². The van der Waals surface area contributed by atoms with Gasteiger partial charge in [0.05, 0.1) is 5.75 Å². The summed E-state index contributed by atoms with van der Waals surface area (Å²) in [6, 6.07) is 0. The Morgan fingerprint density at radius 2 is 2.00 bits per heavy atom. The minimum atomic E-state index is -0.638. The monoisotopic (exact) mass is 449 g/mol. The van der Waals surface area contributed by atoms with Crippen molar-refractivity contribution < 1.29 is 4.79 Å². The number of unbranched alkanes of at least 4 members (excludes halogenated alkanes) is 1. The van der Waals surface area contributed by atoms with Crippen molar-refractivity contribution in [3.05, 3.63) is 26.7 Å². The quantitative estimate of drug-likeness (QED) is 0.558. The van der Waals surface area contributed by atoms with Gasteiger partial charge in [0.2, 0.25) is 5.91 Å². The molecule has 0 aromatic carbocycles. The fourth-order valence-electron chi connectivity index (χ4n) is 3.73. The van der Waals surface area contributed by atoms with Crippen LogP contribution in [-0.2, 0) is 24.3 Å². The van der Waals surface area contributed by atoms with Crippen LogP contribution in [0, 0.1) is 0 Å². The molecular formula is C20H31N7O3S. The molecular weight excluding hydrogens is 418 g/mol. The summed E-state index contributed by atoms with van der Waals surface area (Å²) in [5, 5.41) is 9.25. The molecule has 3 N–H and O–H groups in total. The third-order valence-electron chi connectivity index (χ3n) is 5.37. The standard InChI is InChI=1S/C20H31N7O3S/c1-3-5-11-26(16-17(21)27(10-4-2)19(30)22-18(16)29)15(28)13-31-20-24-23-14-9-7-6-8-12-25(14)20/h3-13,21H2,1-2H3,(H,22,29,30). The van der Waals surface area contributed by atoms with Crippen molar-refractivity contribution in [1.29, 1.82) is 0 Å². The molecule has 2 aromatic heterocycles. The Kier molecular flexibility index (Phi) is 7.94. The lowest BCUT2D eigenvalue weighted by molar-refractivity contribution is -0.116. The van der Waals surface area contributed by atoms with Crippen LogP contribution >= 0.6 is 11.8 Å². The third-order valence-corrected chi connectivity index (χ3v) is 6.32. The molecule has 1 aliphatic rings. The van der Waals surface area contributed by atoms with E-state index in [0.717, 1.165) is 49.6 Å². The van der Waals surface area contributed by atoms with Gasteiger partial charge in [0.1, 0.15) is 11.6 Å². The van der Waals surface area contributed by atoms with Crippen molar-refractivity contribution in [3.63, 3.8) is 0 Å². The van der Waals surface area contributed by atoms with E-state index in [1.165, 1.54) is 21.2 Å². The highest BCUT2D eigenvalue weighted by Gasteiger charge is 2.25. The van der Waals surface area contributed by atoms with Crippen LogP contribution in [0.25, 0.3) is 0 Å². The molecule has 0 fully saturated rings. The van der Waals surface area contributed by atoms with Gasteiger partial charge in [-0.05, 0) is 25.7 Å². The Balaban J connectivity index is 1.86. The maximum absolute atomic E-state index is 13.2. The van der Waals surface area contributed by atoms with Crippen LogP contribution in [0.1, 0.15) is 58.2 Å². The number of nitrogen functional groups attached to an aromatic ring is 1. The molecule has 0 unspecified atom stereocenters. The first-order valence-corrected chi connectivity index (χ1v) is 11.9. The van der Waals surface area contributed by atoms with E-state index < -0.39 is 11.2 Å². The van der Waals surface area contributed by atoms with Crippen molar-refractivity contribution in [2.75, 3.05) is 22.9 Å². The Labute approximate surface area is 185 Å². The molecule has 31 heavy (non-hydrogen) atoms. The molecule has 0 spiro atoms. The number of carbonyl (C=O) groups is 1. The summed E-state index contributed by atoms with van der Waals surface area (Å²) >= 11 is 1.32. The lowest BCUT2D eigenvalue weighted by Gasteiger charge is -2.24. The number of aromatic nitrogens is 5. The number of anilines is 2. The average molecular weight is 450 g/mol. The van der Waals surface area contributed by atoms with Crippen molar-refractivity contribution in [2.45, 2.75) is 77.0 Å². The van der Waals surface area contributed by atoms with Crippen LogP contribution in [0.15, 0.2) is 14.7 Å². The topological polar surface area (TPSA) is 132 Å². The summed E-state index contributed by atoms with van der Waals surface area (Å²) in [4.78, 5) is 41.7. The van der Waals surface area contributed by atoms with E-state index in [2.05, 4.69) is 19.7 Å². The number of nitrogens with one attached hydrogen (secondary N) is 1. The fourth-order valence-corrected chi connectivity index (χ4v) is 4.59. The van der Waals surface area contributed by atoms with E-state index in [1.54, 1.807) is 0 Å². The second-order valence-corrected chi connectivity index (χ2v) is 8.64. The summed E-state index contributed by atoms with van der Waals surface area (Å²) in [5.74, 6) is 0.848. The van der Waals surface area contributed by atoms with Gasteiger partial charge in [0, 0.05) is 26.1 Å². The number of aryl methyl sites for hydroxylation is 1. The molecule has 0 saturated carbocycles. The molecule has 0 saturated heterocycles. The number of fused-ring (bicyclic) bond motifs is 1. The van der Waals surface area contributed by atoms with Gasteiger partial charge in [-0.3, -0.25) is 19.1 Å². The predicted molar refractivity (Wildman–Crippen MR) is 122 cm³/mol. The fraction of sp³-hybridized carbons (Fsp3) is 0.650. The number of carbonyl (C=O) groups excluding carboxylic acids is 1. The molecule has 0 bridgehead atoms. The number of nitrogens with zero attached hydrogens (tertiary/aromatic N) is 5. The van der Waals surface area contributed by atoms with Crippen molar-refractivity contribution >= 4 is 29.2 Å². The lowest BCUT2D eigenvalue weighted by Crippen LogP contribution is -2.42. The Morgan fingerprint density at radius 1 is 1.19 bits per heavy atom. The Bertz CT molecular complexity index is 1030. The molecule has 170 valence electrons. The van der Waals surface area contributed by atoms with Gasteiger partial charge in [0.25, 0.3) is 5.56 Å². The molecule has 3 heterocycles. The van der Waals surface area contributed by atoms with Crippen LogP contribution in [0.3, 0.4) is 0 Å². The molecule has 10 nitrogen and oxygen atoms in total. The summed E-state index contributed by atoms with van der Waals surface area (Å²) in [6.07, 6.45) is 6.46. The van der Waals surface area contributed by atoms with Gasteiger partial charge in [0.15, 0.2) is 10.8 Å². The number of hydrogen-bond donors (Lipinski definition) is 2. The number of nitrogens with two attached hydrogens (primary N) is 1. The minimum absolute atomic E-state index is 0.0291. The van der Waals surface area contributed by atoms with Crippen molar-refractivity contribution in [1.82, 2.24) is 24.3 Å². The highest BCUT2D eigenvalue weighted by atomic mass is 32.2. The van der Waals surface area contributed by atoms with Crippen molar-refractivity contribution in [2.24, 2.45) is 0 Å². The van der Waals surface area contributed by atoms with Crippen LogP contribution in [0.4, 0.5) is 11.5 Å². The SMILES string of the molecule is CCCCN(C(=O)CSc1nnc2n1CCCCC2)c1c(N)n(CCC)c(=O)[nH]c1=O. The van der Waals surface area contributed by atoms with E-state index in [1.807, 2.05) is 13.8 Å². The second kappa shape index (κ2) is 10.7. The summed E-state index contributed by atoms with van der Waals surface area (Å²) in [6.45, 7) is 5.49. The Hall–Kier alpha value is -2.56. The normalized spacial score (nSPS) is 13.6. The first-order valence-electron chi connectivity index (χ1n) is 11.0. The van der Waals surface area contributed by atoms with Crippen LogP contribution < -0.4 is 21.9 Å². The zero-order valence-corrected chi connectivity index (χ0v) is 19.0. The molecule has 1 amide bonds. The maximum atomic E-state index is 13.2. The van der Waals surface area contributed by atoms with Crippen LogP contribution in [0.5, 0.6) is 0 Å². The summed E-state index contributed by atoms with van der Waals surface area (Å²) in [5.41, 5.74) is 5.05. The molecule has 3 rings (SSSR count). The number of hydrogen-bond acceptors (Lipinski definition) is 7. The number of thioether (sulfide) groups is 1. The lowest BCUT2D eigenvalue weighted by atomic mass is 10.2. The average Bonchev–Trinajstić information content (AvgIpc) is 2.97. The van der Waals surface area contributed by atoms with Gasteiger partial charge in [-0.25, -0.2) is 4.79 Å². The van der Waals surface area contributed by atoms with Gasteiger partial charge < -0.3 is 15.2 Å². The van der Waals surface area contributed by atoms with Gasteiger partial charge in [-0.2, -0.15) is 0 Å². The Morgan fingerprint density at radius 3 is 2.74 bits per heavy atom. The molecule has 0 radical (unpaired) electrons. The van der Waals surface area contributed by atoms with E-state index >= 15 is 0 Å². The molecule has 0 aliphatic carbocycles.